The minimum atomic E-state index is -0.193. The largest absolute Gasteiger partial charge is 0.290 e. The van der Waals surface area contributed by atoms with E-state index in [1.54, 1.807) is 29.2 Å². The molecule has 0 radical (unpaired) electrons. The highest BCUT2D eigenvalue weighted by Crippen LogP contribution is 2.34. The molecule has 0 aliphatic carbocycles. The maximum atomic E-state index is 13.8. The molecule has 4 nitrogen and oxygen atoms in total. The lowest BCUT2D eigenvalue weighted by molar-refractivity contribution is 0.611. The van der Waals surface area contributed by atoms with Gasteiger partial charge in [-0.15, -0.1) is 0 Å². The molecular weight excluding hydrogens is 287 g/mol. The molecule has 106 valence electrons. The fourth-order valence-corrected chi connectivity index (χ4v) is 2.94. The summed E-state index contributed by atoms with van der Waals surface area (Å²) in [6.45, 7) is 1.96. The summed E-state index contributed by atoms with van der Waals surface area (Å²) >= 11 is 1.50. The van der Waals surface area contributed by atoms with Crippen LogP contribution in [0.25, 0.3) is 5.82 Å². The third-order valence-electron chi connectivity index (χ3n) is 3.04. The molecule has 0 bridgehead atoms. The molecule has 0 unspecified atom stereocenters. The zero-order valence-electron chi connectivity index (χ0n) is 11.3. The summed E-state index contributed by atoms with van der Waals surface area (Å²) in [5.74, 6) is 0.548. The molecule has 0 N–H and O–H groups in total. The Morgan fingerprint density at radius 3 is 2.86 bits per heavy atom. The first-order chi connectivity index (χ1) is 10.2. The van der Waals surface area contributed by atoms with Gasteiger partial charge in [-0.25, -0.2) is 19.3 Å². The van der Waals surface area contributed by atoms with Crippen LogP contribution < -0.4 is 0 Å². The minimum Gasteiger partial charge on any atom is -0.290 e. The van der Waals surface area contributed by atoms with Gasteiger partial charge in [-0.1, -0.05) is 30.0 Å². The second-order valence-electron chi connectivity index (χ2n) is 4.47. The van der Waals surface area contributed by atoms with Crippen LogP contribution in [0.4, 0.5) is 4.39 Å². The van der Waals surface area contributed by atoms with Gasteiger partial charge in [0.15, 0.2) is 0 Å². The quantitative estimate of drug-likeness (QED) is 0.545. The molecule has 0 aliphatic heterocycles. The van der Waals surface area contributed by atoms with Gasteiger partial charge >= 0.3 is 0 Å². The number of hydrogen-bond acceptors (Lipinski definition) is 4. The minimum absolute atomic E-state index is 0.0308. The maximum absolute atomic E-state index is 13.8. The Hall–Kier alpha value is -2.21. The molecule has 0 saturated heterocycles. The molecule has 2 aromatic heterocycles. The van der Waals surface area contributed by atoms with Crippen LogP contribution in [-0.2, 0) is 0 Å². The molecule has 0 saturated carbocycles. The Labute approximate surface area is 126 Å². The highest BCUT2D eigenvalue weighted by molar-refractivity contribution is 7.99. The second-order valence-corrected chi connectivity index (χ2v) is 5.83. The molecular formula is C15H13FN4S. The topological polar surface area (TPSA) is 43.6 Å². The van der Waals surface area contributed by atoms with Crippen molar-refractivity contribution < 1.29 is 4.39 Å². The number of hydrogen-bond donors (Lipinski definition) is 0. The normalized spacial score (nSPS) is 12.3. The van der Waals surface area contributed by atoms with E-state index in [9.17, 15) is 4.39 Å². The van der Waals surface area contributed by atoms with E-state index in [4.69, 9.17) is 0 Å². The van der Waals surface area contributed by atoms with Crippen molar-refractivity contribution in [2.45, 2.75) is 17.2 Å². The van der Waals surface area contributed by atoms with Gasteiger partial charge in [0.05, 0.1) is 0 Å². The molecule has 0 amide bonds. The van der Waals surface area contributed by atoms with Gasteiger partial charge in [0.1, 0.15) is 29.3 Å². The van der Waals surface area contributed by atoms with Crippen molar-refractivity contribution >= 4 is 11.8 Å². The number of rotatable bonds is 4. The molecule has 1 atom stereocenters. The molecule has 0 aliphatic rings. The van der Waals surface area contributed by atoms with E-state index in [1.165, 1.54) is 24.2 Å². The zero-order valence-corrected chi connectivity index (χ0v) is 12.2. The van der Waals surface area contributed by atoms with Crippen molar-refractivity contribution in [3.8, 4) is 5.82 Å². The van der Waals surface area contributed by atoms with Gasteiger partial charge < -0.3 is 0 Å². The van der Waals surface area contributed by atoms with Crippen LogP contribution in [0.2, 0.25) is 0 Å². The van der Waals surface area contributed by atoms with Crippen molar-refractivity contribution in [1.29, 1.82) is 0 Å². The molecule has 3 rings (SSSR count). The third-order valence-corrected chi connectivity index (χ3v) is 4.11. The number of halogens is 1. The van der Waals surface area contributed by atoms with Crippen LogP contribution in [0.15, 0.2) is 60.4 Å². The van der Waals surface area contributed by atoms with Gasteiger partial charge in [0, 0.05) is 29.3 Å². The van der Waals surface area contributed by atoms with E-state index in [2.05, 4.69) is 15.0 Å². The van der Waals surface area contributed by atoms with E-state index in [0.29, 0.717) is 5.56 Å². The van der Waals surface area contributed by atoms with Crippen LogP contribution in [0.1, 0.15) is 17.7 Å². The molecule has 6 heteroatoms. The van der Waals surface area contributed by atoms with Crippen molar-refractivity contribution in [2.75, 3.05) is 0 Å². The average molecular weight is 300 g/mol. The molecule has 0 spiro atoms. The lowest BCUT2D eigenvalue weighted by atomic mass is 10.1. The summed E-state index contributed by atoms with van der Waals surface area (Å²) in [5, 5.41) is 0.765. The van der Waals surface area contributed by atoms with E-state index >= 15 is 0 Å². The first-order valence-electron chi connectivity index (χ1n) is 6.45. The summed E-state index contributed by atoms with van der Waals surface area (Å²) in [5.41, 5.74) is 0.672. The average Bonchev–Trinajstić information content (AvgIpc) is 3.02. The SMILES string of the molecule is C[C@@H](Sc1cc(-n2ccnc2)ncn1)c1ccccc1F. The van der Waals surface area contributed by atoms with Crippen molar-refractivity contribution in [1.82, 2.24) is 19.5 Å². The number of aromatic nitrogens is 4. The smallest absolute Gasteiger partial charge is 0.142 e. The van der Waals surface area contributed by atoms with Gasteiger partial charge in [-0.2, -0.15) is 0 Å². The number of benzene rings is 1. The van der Waals surface area contributed by atoms with Gasteiger partial charge in [0.25, 0.3) is 0 Å². The Balaban J connectivity index is 1.82. The van der Waals surface area contributed by atoms with E-state index in [0.717, 1.165) is 10.8 Å². The Morgan fingerprint density at radius 2 is 2.10 bits per heavy atom. The molecule has 0 fully saturated rings. The molecule has 3 aromatic rings. The lowest BCUT2D eigenvalue weighted by Gasteiger charge is -2.12. The fourth-order valence-electron chi connectivity index (χ4n) is 1.98. The van der Waals surface area contributed by atoms with Crippen molar-refractivity contribution in [2.24, 2.45) is 0 Å². The summed E-state index contributed by atoms with van der Waals surface area (Å²) in [7, 11) is 0. The third kappa shape index (κ3) is 3.11. The summed E-state index contributed by atoms with van der Waals surface area (Å²) in [6, 6.07) is 8.67. The standard InChI is InChI=1S/C15H13FN4S/c1-11(12-4-2-3-5-13(12)16)21-15-8-14(18-9-19-15)20-7-6-17-10-20/h2-11H,1H3/t11-/m1/s1. The predicted molar refractivity (Wildman–Crippen MR) is 79.8 cm³/mol. The zero-order chi connectivity index (χ0) is 14.7. The fraction of sp³-hybridized carbons (Fsp3) is 0.133. The monoisotopic (exact) mass is 300 g/mol. The number of thioether (sulfide) groups is 1. The van der Waals surface area contributed by atoms with Crippen molar-refractivity contribution in [3.05, 3.63) is 66.8 Å². The first kappa shape index (κ1) is 13.8. The van der Waals surface area contributed by atoms with E-state index in [1.807, 2.05) is 25.3 Å². The Kier molecular flexibility index (Phi) is 3.96. The van der Waals surface area contributed by atoms with Crippen LogP contribution >= 0.6 is 11.8 Å². The van der Waals surface area contributed by atoms with Gasteiger partial charge in [0.2, 0.25) is 0 Å². The lowest BCUT2D eigenvalue weighted by Crippen LogP contribution is -1.98. The van der Waals surface area contributed by atoms with Crippen LogP contribution in [0.3, 0.4) is 0 Å². The van der Waals surface area contributed by atoms with Crippen LogP contribution in [-0.4, -0.2) is 19.5 Å². The van der Waals surface area contributed by atoms with Crippen molar-refractivity contribution in [3.63, 3.8) is 0 Å². The highest BCUT2D eigenvalue weighted by Gasteiger charge is 2.13. The second kappa shape index (κ2) is 6.05. The summed E-state index contributed by atoms with van der Waals surface area (Å²) < 4.78 is 15.6. The van der Waals surface area contributed by atoms with Crippen LogP contribution in [0.5, 0.6) is 0 Å². The van der Waals surface area contributed by atoms with E-state index in [-0.39, 0.29) is 11.1 Å². The number of imidazole rings is 1. The molecule has 1 aromatic carbocycles. The first-order valence-corrected chi connectivity index (χ1v) is 7.33. The Bertz CT molecular complexity index is 730. The highest BCUT2D eigenvalue weighted by atomic mass is 32.2. The van der Waals surface area contributed by atoms with Gasteiger partial charge in [-0.05, 0) is 13.0 Å². The Morgan fingerprint density at radius 1 is 1.24 bits per heavy atom. The van der Waals surface area contributed by atoms with Crippen LogP contribution in [0, 0.1) is 5.82 Å². The molecule has 21 heavy (non-hydrogen) atoms. The maximum Gasteiger partial charge on any atom is 0.142 e. The predicted octanol–water partition coefficient (Wildman–Crippen LogP) is 3.65. The molecule has 2 heterocycles. The van der Waals surface area contributed by atoms with E-state index < -0.39 is 0 Å². The summed E-state index contributed by atoms with van der Waals surface area (Å²) in [4.78, 5) is 12.4. The summed E-state index contributed by atoms with van der Waals surface area (Å²) in [6.07, 6.45) is 6.69. The number of nitrogens with zero attached hydrogens (tertiary/aromatic N) is 4. The van der Waals surface area contributed by atoms with Gasteiger partial charge in [-0.3, -0.25) is 4.57 Å².